The van der Waals surface area contributed by atoms with Crippen molar-refractivity contribution < 1.29 is 24.9 Å². The Hall–Kier alpha value is -1.85. The first-order valence-corrected chi connectivity index (χ1v) is 9.18. The Labute approximate surface area is 153 Å². The fraction of sp³-hybridized carbons (Fsp3) is 0.571. The number of aromatic hydroxyl groups is 1. The molecule has 4 rings (SSSR count). The number of phenolic OH excluding ortho intramolecular Hbond substituents is 1. The smallest absolute Gasteiger partial charge is 0.311 e. The maximum Gasteiger partial charge on any atom is 0.311 e. The molecule has 140 valence electrons. The van der Waals surface area contributed by atoms with Crippen LogP contribution in [-0.4, -0.2) is 34.5 Å². The molecule has 1 aromatic rings. The molecule has 0 saturated heterocycles. The molecule has 2 saturated carbocycles. The van der Waals surface area contributed by atoms with E-state index in [1.54, 1.807) is 12.1 Å². The van der Waals surface area contributed by atoms with Gasteiger partial charge in [-0.2, -0.15) is 0 Å². The van der Waals surface area contributed by atoms with E-state index in [0.717, 1.165) is 24.0 Å². The monoisotopic (exact) mass is 358 g/mol. The number of ether oxygens (including phenoxy) is 1. The third-order valence-electron chi connectivity index (χ3n) is 7.28. The molecule has 5 heteroatoms. The molecule has 6 atom stereocenters. The Morgan fingerprint density at radius 2 is 2.12 bits per heavy atom. The number of benzene rings is 1. The molecule has 0 aromatic heterocycles. The van der Waals surface area contributed by atoms with Crippen LogP contribution in [0.5, 0.6) is 5.75 Å². The maximum absolute atomic E-state index is 12.6. The zero-order valence-electron chi connectivity index (χ0n) is 15.5. The van der Waals surface area contributed by atoms with E-state index < -0.39 is 29.0 Å². The number of aliphatic hydroxyl groups is 2. The van der Waals surface area contributed by atoms with E-state index in [2.05, 4.69) is 6.58 Å². The van der Waals surface area contributed by atoms with Crippen LogP contribution >= 0.6 is 0 Å². The van der Waals surface area contributed by atoms with E-state index in [1.807, 2.05) is 13.8 Å². The molecule has 0 radical (unpaired) electrons. The highest BCUT2D eigenvalue weighted by molar-refractivity contribution is 5.79. The number of methoxy groups -OCH3 is 1. The zero-order chi connectivity index (χ0) is 19.0. The second-order valence-electron chi connectivity index (χ2n) is 8.42. The van der Waals surface area contributed by atoms with Crippen molar-refractivity contribution in [2.75, 3.05) is 7.11 Å². The minimum Gasteiger partial charge on any atom is -0.508 e. The number of esters is 1. The minimum atomic E-state index is -1.18. The van der Waals surface area contributed by atoms with Crippen LogP contribution in [0.25, 0.3) is 6.08 Å². The maximum atomic E-state index is 12.6. The molecular weight excluding hydrogens is 332 g/mol. The molecule has 0 heterocycles. The quantitative estimate of drug-likeness (QED) is 0.708. The van der Waals surface area contributed by atoms with Crippen LogP contribution in [-0.2, 0) is 14.9 Å². The zero-order valence-corrected chi connectivity index (χ0v) is 15.5. The van der Waals surface area contributed by atoms with Gasteiger partial charge in [0.05, 0.1) is 18.6 Å². The molecule has 26 heavy (non-hydrogen) atoms. The Balaban J connectivity index is 2.01. The summed E-state index contributed by atoms with van der Waals surface area (Å²) < 4.78 is 5.06. The van der Waals surface area contributed by atoms with Crippen molar-refractivity contribution in [2.45, 2.75) is 50.7 Å². The van der Waals surface area contributed by atoms with Crippen LogP contribution < -0.4 is 0 Å². The van der Waals surface area contributed by atoms with Crippen molar-refractivity contribution in [2.24, 2.45) is 17.3 Å². The highest BCUT2D eigenvalue weighted by Gasteiger charge is 2.74. The van der Waals surface area contributed by atoms with Gasteiger partial charge in [0.2, 0.25) is 0 Å². The van der Waals surface area contributed by atoms with Crippen molar-refractivity contribution in [1.29, 1.82) is 0 Å². The van der Waals surface area contributed by atoms with Gasteiger partial charge in [0.1, 0.15) is 11.9 Å². The van der Waals surface area contributed by atoms with Crippen molar-refractivity contribution in [1.82, 2.24) is 0 Å². The SMILES string of the molecule is C=Cc1c(C)cc(O)c2c1[C@H](O)[C@@H](O)[C@H]1[C@]23C[C@H]3CC[C@@]1(C)C(=O)OC. The second kappa shape index (κ2) is 5.33. The number of aryl methyl sites for hydroxylation is 1. The fourth-order valence-electron chi connectivity index (χ4n) is 6.15. The summed E-state index contributed by atoms with van der Waals surface area (Å²) in [5, 5.41) is 32.9. The Bertz CT molecular complexity index is 815. The van der Waals surface area contributed by atoms with Crippen LogP contribution in [0.1, 0.15) is 54.5 Å². The Morgan fingerprint density at radius 3 is 2.73 bits per heavy atom. The van der Waals surface area contributed by atoms with Gasteiger partial charge in [-0.05, 0) is 61.8 Å². The van der Waals surface area contributed by atoms with Crippen LogP contribution in [0.3, 0.4) is 0 Å². The first kappa shape index (κ1) is 17.6. The molecule has 3 N–H and O–H groups in total. The van der Waals surface area contributed by atoms with Gasteiger partial charge in [-0.15, -0.1) is 0 Å². The summed E-state index contributed by atoms with van der Waals surface area (Å²) in [5.74, 6) is -0.430. The van der Waals surface area contributed by atoms with Crippen molar-refractivity contribution >= 4 is 12.0 Å². The fourth-order valence-corrected chi connectivity index (χ4v) is 6.15. The molecule has 0 bridgehead atoms. The molecule has 3 aliphatic carbocycles. The molecule has 0 unspecified atom stereocenters. The lowest BCUT2D eigenvalue weighted by atomic mass is 9.53. The lowest BCUT2D eigenvalue weighted by Crippen LogP contribution is -2.56. The average molecular weight is 358 g/mol. The van der Waals surface area contributed by atoms with Crippen LogP contribution in [0.15, 0.2) is 12.6 Å². The summed E-state index contributed by atoms with van der Waals surface area (Å²) in [4.78, 5) is 12.6. The predicted octanol–water partition coefficient (Wildman–Crippen LogP) is 2.60. The van der Waals surface area contributed by atoms with E-state index in [-0.39, 0.29) is 17.6 Å². The van der Waals surface area contributed by atoms with Crippen LogP contribution in [0.4, 0.5) is 0 Å². The lowest BCUT2D eigenvalue weighted by Gasteiger charge is -2.51. The lowest BCUT2D eigenvalue weighted by molar-refractivity contribution is -0.170. The van der Waals surface area contributed by atoms with E-state index in [1.165, 1.54) is 7.11 Å². The third-order valence-corrected chi connectivity index (χ3v) is 7.28. The number of carbonyl (C=O) groups excluding carboxylic acids is 1. The molecular formula is C21H26O5. The Morgan fingerprint density at radius 1 is 1.42 bits per heavy atom. The predicted molar refractivity (Wildman–Crippen MR) is 96.5 cm³/mol. The molecule has 1 spiro atoms. The summed E-state index contributed by atoms with van der Waals surface area (Å²) in [6.45, 7) is 7.52. The molecule has 5 nitrogen and oxygen atoms in total. The van der Waals surface area contributed by atoms with Crippen molar-refractivity contribution in [3.05, 3.63) is 34.9 Å². The summed E-state index contributed by atoms with van der Waals surface area (Å²) in [5.41, 5.74) is 1.43. The van der Waals surface area contributed by atoms with Gasteiger partial charge in [0.15, 0.2) is 0 Å². The largest absolute Gasteiger partial charge is 0.508 e. The number of aliphatic hydroxyl groups excluding tert-OH is 2. The van der Waals surface area contributed by atoms with Crippen LogP contribution in [0, 0.1) is 24.2 Å². The standard InChI is InChI=1S/C21H26O5/c1-5-12-10(2)8-13(22)15-14(12)16(23)17(24)18-20(3,19(25)26-4)7-6-11-9-21(11,15)18/h5,8,11,16-18,22-24H,1,6-7,9H2,2-4H3/t11-,16+,17-,18-,20-,21+/m1/s1. The first-order chi connectivity index (χ1) is 12.2. The summed E-state index contributed by atoms with van der Waals surface area (Å²) >= 11 is 0. The van der Waals surface area contributed by atoms with E-state index >= 15 is 0 Å². The minimum absolute atomic E-state index is 0.135. The van der Waals surface area contributed by atoms with Gasteiger partial charge in [0.25, 0.3) is 0 Å². The Kier molecular flexibility index (Phi) is 3.60. The highest BCUT2D eigenvalue weighted by atomic mass is 16.5. The van der Waals surface area contributed by atoms with Crippen molar-refractivity contribution in [3.8, 4) is 5.75 Å². The van der Waals surface area contributed by atoms with Gasteiger partial charge in [-0.25, -0.2) is 0 Å². The summed E-state index contributed by atoms with van der Waals surface area (Å²) in [6, 6.07) is 1.70. The number of hydrogen-bond donors (Lipinski definition) is 3. The normalized spacial score (nSPS) is 40.0. The number of fused-ring (bicyclic) bond motifs is 1. The number of rotatable bonds is 2. The summed E-state index contributed by atoms with van der Waals surface area (Å²) in [6.07, 6.45) is 1.63. The number of carbonyl (C=O) groups is 1. The van der Waals surface area contributed by atoms with Gasteiger partial charge < -0.3 is 20.1 Å². The highest BCUT2D eigenvalue weighted by Crippen LogP contribution is 2.74. The van der Waals surface area contributed by atoms with E-state index in [9.17, 15) is 20.1 Å². The molecule has 1 aromatic carbocycles. The first-order valence-electron chi connectivity index (χ1n) is 9.18. The van der Waals surface area contributed by atoms with Crippen LogP contribution in [0.2, 0.25) is 0 Å². The molecule has 3 aliphatic rings. The molecule has 2 fully saturated rings. The van der Waals surface area contributed by atoms with Gasteiger partial charge in [-0.1, -0.05) is 12.7 Å². The average Bonchev–Trinajstić information content (AvgIpc) is 3.32. The van der Waals surface area contributed by atoms with Gasteiger partial charge in [0, 0.05) is 16.9 Å². The third kappa shape index (κ3) is 1.85. The molecule has 0 aliphatic heterocycles. The summed E-state index contributed by atoms with van der Waals surface area (Å²) in [7, 11) is 1.36. The second-order valence-corrected chi connectivity index (χ2v) is 8.42. The van der Waals surface area contributed by atoms with Gasteiger partial charge >= 0.3 is 5.97 Å². The number of phenols is 1. The van der Waals surface area contributed by atoms with E-state index in [0.29, 0.717) is 17.5 Å². The molecule has 0 amide bonds. The van der Waals surface area contributed by atoms with E-state index in [4.69, 9.17) is 4.74 Å². The topological polar surface area (TPSA) is 87.0 Å². The number of hydrogen-bond acceptors (Lipinski definition) is 5. The van der Waals surface area contributed by atoms with Gasteiger partial charge in [-0.3, -0.25) is 4.79 Å². The van der Waals surface area contributed by atoms with Crippen molar-refractivity contribution in [3.63, 3.8) is 0 Å².